The van der Waals surface area contributed by atoms with Gasteiger partial charge >= 0.3 is 0 Å². The Hall–Kier alpha value is -1.36. The van der Waals surface area contributed by atoms with Gasteiger partial charge in [0.25, 0.3) is 0 Å². The number of aromatic nitrogens is 2. The smallest absolute Gasteiger partial charge is 0.108 e. The van der Waals surface area contributed by atoms with Crippen LogP contribution in [0.15, 0.2) is 30.7 Å². The van der Waals surface area contributed by atoms with Crippen molar-refractivity contribution >= 4 is 11.6 Å². The van der Waals surface area contributed by atoms with E-state index in [1.165, 1.54) is 0 Å². The molecule has 0 bridgehead atoms. The average Bonchev–Trinajstić information content (AvgIpc) is 3.01. The predicted molar refractivity (Wildman–Crippen MR) is 75.8 cm³/mol. The third kappa shape index (κ3) is 1.65. The van der Waals surface area contributed by atoms with Crippen LogP contribution in [0, 0.1) is 0 Å². The molecular weight excluding hydrogens is 276 g/mol. The van der Waals surface area contributed by atoms with E-state index < -0.39 is 6.10 Å². The van der Waals surface area contributed by atoms with Gasteiger partial charge < -0.3 is 14.4 Å². The zero-order chi connectivity index (χ0) is 13.7. The number of aliphatic hydroxyl groups is 1. The minimum Gasteiger partial charge on any atom is -0.390 e. The lowest BCUT2D eigenvalue weighted by Gasteiger charge is -2.33. The van der Waals surface area contributed by atoms with Crippen molar-refractivity contribution in [1.82, 2.24) is 9.55 Å². The summed E-state index contributed by atoms with van der Waals surface area (Å²) in [5, 5.41) is 11.0. The van der Waals surface area contributed by atoms with Crippen molar-refractivity contribution in [2.45, 2.75) is 31.1 Å². The summed E-state index contributed by atoms with van der Waals surface area (Å²) in [6.07, 6.45) is 4.57. The Morgan fingerprint density at radius 2 is 2.30 bits per heavy atom. The molecule has 2 unspecified atom stereocenters. The molecule has 0 amide bonds. The average molecular weight is 291 g/mol. The molecule has 1 aromatic heterocycles. The number of rotatable bonds is 1. The van der Waals surface area contributed by atoms with Crippen molar-refractivity contribution < 1.29 is 9.84 Å². The van der Waals surface area contributed by atoms with Gasteiger partial charge in [0.2, 0.25) is 0 Å². The third-order valence-corrected chi connectivity index (χ3v) is 4.56. The second-order valence-corrected chi connectivity index (χ2v) is 5.78. The van der Waals surface area contributed by atoms with E-state index in [2.05, 4.69) is 9.55 Å². The molecular formula is C15H15ClN2O2. The van der Waals surface area contributed by atoms with Crippen LogP contribution in [0.2, 0.25) is 5.02 Å². The first-order valence-corrected chi connectivity index (χ1v) is 7.25. The second-order valence-electron chi connectivity index (χ2n) is 5.38. The molecule has 4 rings (SSSR count). The number of nitrogens with zero attached hydrogens (tertiary/aromatic N) is 2. The number of imidazole rings is 1. The fourth-order valence-corrected chi connectivity index (χ4v) is 3.63. The molecule has 4 nitrogen and oxygen atoms in total. The first kappa shape index (κ1) is 12.4. The van der Waals surface area contributed by atoms with Crippen LogP contribution in [0.5, 0.6) is 0 Å². The summed E-state index contributed by atoms with van der Waals surface area (Å²) in [6.45, 7) is 0.683. The Balaban J connectivity index is 1.88. The Kier molecular flexibility index (Phi) is 2.84. The fraction of sp³-hybridized carbons (Fsp3) is 0.400. The summed E-state index contributed by atoms with van der Waals surface area (Å²) in [5.74, 6) is 0. The molecule has 1 saturated heterocycles. The van der Waals surface area contributed by atoms with Crippen LogP contribution in [0.4, 0.5) is 0 Å². The van der Waals surface area contributed by atoms with Crippen LogP contribution < -0.4 is 0 Å². The van der Waals surface area contributed by atoms with E-state index in [-0.39, 0.29) is 12.1 Å². The number of hydrogen-bond acceptors (Lipinski definition) is 3. The van der Waals surface area contributed by atoms with Gasteiger partial charge in [-0.25, -0.2) is 4.98 Å². The number of aliphatic hydroxyl groups excluding tert-OH is 1. The van der Waals surface area contributed by atoms with Crippen molar-refractivity contribution in [3.63, 3.8) is 0 Å². The van der Waals surface area contributed by atoms with E-state index in [0.29, 0.717) is 6.61 Å². The molecule has 2 aliphatic heterocycles. The summed E-state index contributed by atoms with van der Waals surface area (Å²) in [5.41, 5.74) is 3.16. The second kappa shape index (κ2) is 4.58. The molecule has 0 spiro atoms. The molecule has 3 atom stereocenters. The summed E-state index contributed by atoms with van der Waals surface area (Å²) < 4.78 is 7.92. The van der Waals surface area contributed by atoms with Crippen LogP contribution in [0.3, 0.4) is 0 Å². The Bertz CT molecular complexity index is 655. The molecule has 0 saturated carbocycles. The fourth-order valence-electron chi connectivity index (χ4n) is 3.35. The van der Waals surface area contributed by atoms with Crippen LogP contribution in [0.25, 0.3) is 11.3 Å². The first-order chi connectivity index (χ1) is 9.77. The Labute approximate surface area is 122 Å². The van der Waals surface area contributed by atoms with Crippen LogP contribution in [0.1, 0.15) is 24.4 Å². The van der Waals surface area contributed by atoms with Gasteiger partial charge in [-0.3, -0.25) is 0 Å². The van der Waals surface area contributed by atoms with Gasteiger partial charge in [-0.2, -0.15) is 0 Å². The highest BCUT2D eigenvalue weighted by Crippen LogP contribution is 2.46. The number of benzene rings is 1. The van der Waals surface area contributed by atoms with Gasteiger partial charge in [-0.1, -0.05) is 23.7 Å². The van der Waals surface area contributed by atoms with Gasteiger partial charge in [0.15, 0.2) is 0 Å². The van der Waals surface area contributed by atoms with E-state index >= 15 is 0 Å². The maximum atomic E-state index is 10.3. The molecule has 0 radical (unpaired) electrons. The molecule has 104 valence electrons. The quantitative estimate of drug-likeness (QED) is 0.878. The minimum atomic E-state index is -0.466. The topological polar surface area (TPSA) is 47.3 Å². The molecule has 1 N–H and O–H groups in total. The standard InChI is InChI=1S/C15H15ClN2O2/c16-10-4-1-3-9-11-7-17-8-18(11)14(13(9)10)15-12(19)5-2-6-20-15/h1,3-4,7-8,12,14-15,19H,2,5-6H2/t12?,14-,15?/m0/s1. The monoisotopic (exact) mass is 290 g/mol. The zero-order valence-electron chi connectivity index (χ0n) is 10.9. The van der Waals surface area contributed by atoms with Gasteiger partial charge in [0, 0.05) is 22.8 Å². The predicted octanol–water partition coefficient (Wildman–Crippen LogP) is 2.65. The number of halogens is 1. The van der Waals surface area contributed by atoms with Gasteiger partial charge in [0.05, 0.1) is 30.4 Å². The maximum absolute atomic E-state index is 10.3. The van der Waals surface area contributed by atoms with E-state index in [1.807, 2.05) is 24.4 Å². The highest BCUT2D eigenvalue weighted by Gasteiger charge is 2.40. The maximum Gasteiger partial charge on any atom is 0.108 e. The molecule has 2 aliphatic rings. The summed E-state index contributed by atoms with van der Waals surface area (Å²) in [4.78, 5) is 4.23. The highest BCUT2D eigenvalue weighted by molar-refractivity contribution is 6.32. The third-order valence-electron chi connectivity index (χ3n) is 4.24. The van der Waals surface area contributed by atoms with Gasteiger partial charge in [-0.05, 0) is 18.9 Å². The lowest BCUT2D eigenvalue weighted by atomic mass is 9.93. The Morgan fingerprint density at radius 3 is 3.15 bits per heavy atom. The summed E-state index contributed by atoms with van der Waals surface area (Å²) >= 11 is 6.41. The van der Waals surface area contributed by atoms with Crippen LogP contribution >= 0.6 is 11.6 Å². The first-order valence-electron chi connectivity index (χ1n) is 6.87. The van der Waals surface area contributed by atoms with E-state index in [9.17, 15) is 5.11 Å². The van der Waals surface area contributed by atoms with Crippen molar-refractivity contribution in [2.24, 2.45) is 0 Å². The molecule has 5 heteroatoms. The number of hydrogen-bond donors (Lipinski definition) is 1. The molecule has 3 heterocycles. The van der Waals surface area contributed by atoms with E-state index in [4.69, 9.17) is 16.3 Å². The van der Waals surface area contributed by atoms with Crippen molar-refractivity contribution in [1.29, 1.82) is 0 Å². The lowest BCUT2D eigenvalue weighted by molar-refractivity contribution is -0.0892. The van der Waals surface area contributed by atoms with Crippen LogP contribution in [-0.2, 0) is 4.74 Å². The number of ether oxygens (including phenoxy) is 1. The molecule has 1 fully saturated rings. The van der Waals surface area contributed by atoms with E-state index in [1.54, 1.807) is 6.33 Å². The van der Waals surface area contributed by atoms with Gasteiger partial charge in [-0.15, -0.1) is 0 Å². The van der Waals surface area contributed by atoms with Crippen molar-refractivity contribution in [2.75, 3.05) is 6.61 Å². The number of fused-ring (bicyclic) bond motifs is 3. The lowest BCUT2D eigenvalue weighted by Crippen LogP contribution is -2.40. The minimum absolute atomic E-state index is 0.0912. The largest absolute Gasteiger partial charge is 0.390 e. The van der Waals surface area contributed by atoms with Crippen LogP contribution in [-0.4, -0.2) is 33.5 Å². The molecule has 2 aromatic rings. The van der Waals surface area contributed by atoms with Crippen molar-refractivity contribution in [3.8, 4) is 11.3 Å². The molecule has 0 aliphatic carbocycles. The van der Waals surface area contributed by atoms with Crippen molar-refractivity contribution in [3.05, 3.63) is 41.3 Å². The molecule has 1 aromatic carbocycles. The summed E-state index contributed by atoms with van der Waals surface area (Å²) in [6, 6.07) is 5.79. The normalized spacial score (nSPS) is 28.2. The van der Waals surface area contributed by atoms with Gasteiger partial charge in [0.1, 0.15) is 6.10 Å². The SMILES string of the molecule is OC1CCCOC1[C@@H]1c2c(Cl)cccc2-c2cncn21. The van der Waals surface area contributed by atoms with E-state index in [0.717, 1.165) is 34.7 Å². The zero-order valence-corrected chi connectivity index (χ0v) is 11.6. The summed E-state index contributed by atoms with van der Waals surface area (Å²) in [7, 11) is 0. The molecule has 20 heavy (non-hydrogen) atoms. The highest BCUT2D eigenvalue weighted by atomic mass is 35.5. The Morgan fingerprint density at radius 1 is 1.40 bits per heavy atom.